The zero-order valence-corrected chi connectivity index (χ0v) is 11.1. The summed E-state index contributed by atoms with van der Waals surface area (Å²) in [5, 5.41) is 2.84. The maximum Gasteiger partial charge on any atom is 0.251 e. The SMILES string of the molecule is COC(CNC(=O)c1cccc(C)c1)c1ccco1. The highest BCUT2D eigenvalue weighted by Crippen LogP contribution is 2.16. The van der Waals surface area contributed by atoms with Gasteiger partial charge in [0.15, 0.2) is 0 Å². The summed E-state index contributed by atoms with van der Waals surface area (Å²) in [6, 6.07) is 11.1. The summed E-state index contributed by atoms with van der Waals surface area (Å²) in [4.78, 5) is 12.0. The first-order valence-electron chi connectivity index (χ1n) is 6.12. The van der Waals surface area contributed by atoms with Gasteiger partial charge in [0.2, 0.25) is 0 Å². The van der Waals surface area contributed by atoms with Crippen LogP contribution >= 0.6 is 0 Å². The summed E-state index contributed by atoms with van der Waals surface area (Å²) in [7, 11) is 1.59. The van der Waals surface area contributed by atoms with E-state index in [1.165, 1.54) is 0 Å². The van der Waals surface area contributed by atoms with Gasteiger partial charge in [-0.05, 0) is 31.2 Å². The molecule has 1 heterocycles. The smallest absolute Gasteiger partial charge is 0.251 e. The van der Waals surface area contributed by atoms with Gasteiger partial charge in [0, 0.05) is 12.7 Å². The van der Waals surface area contributed by atoms with E-state index in [0.717, 1.165) is 5.56 Å². The van der Waals surface area contributed by atoms with Crippen LogP contribution in [0.4, 0.5) is 0 Å². The monoisotopic (exact) mass is 259 g/mol. The van der Waals surface area contributed by atoms with Crippen LogP contribution in [-0.2, 0) is 4.74 Å². The van der Waals surface area contributed by atoms with Gasteiger partial charge in [-0.1, -0.05) is 17.7 Å². The zero-order chi connectivity index (χ0) is 13.7. The fourth-order valence-electron chi connectivity index (χ4n) is 1.85. The number of carbonyl (C=O) groups excluding carboxylic acids is 1. The third-order valence-corrected chi connectivity index (χ3v) is 2.87. The molecule has 19 heavy (non-hydrogen) atoms. The topological polar surface area (TPSA) is 51.5 Å². The van der Waals surface area contributed by atoms with E-state index in [1.807, 2.05) is 31.2 Å². The van der Waals surface area contributed by atoms with E-state index in [2.05, 4.69) is 5.32 Å². The van der Waals surface area contributed by atoms with E-state index in [0.29, 0.717) is 17.9 Å². The van der Waals surface area contributed by atoms with Crippen molar-refractivity contribution in [2.75, 3.05) is 13.7 Å². The van der Waals surface area contributed by atoms with E-state index < -0.39 is 0 Å². The molecule has 4 nitrogen and oxygen atoms in total. The molecule has 0 spiro atoms. The van der Waals surface area contributed by atoms with Crippen LogP contribution in [0.2, 0.25) is 0 Å². The molecule has 0 saturated heterocycles. The normalized spacial score (nSPS) is 12.1. The predicted molar refractivity (Wildman–Crippen MR) is 72.0 cm³/mol. The molecule has 0 aliphatic rings. The summed E-state index contributed by atoms with van der Waals surface area (Å²) in [6.07, 6.45) is 1.31. The molecule has 0 aliphatic heterocycles. The Morgan fingerprint density at radius 3 is 2.84 bits per heavy atom. The lowest BCUT2D eigenvalue weighted by molar-refractivity contribution is 0.0738. The van der Waals surface area contributed by atoms with Crippen molar-refractivity contribution < 1.29 is 13.9 Å². The minimum absolute atomic E-state index is 0.114. The largest absolute Gasteiger partial charge is 0.467 e. The Kier molecular flexibility index (Phi) is 4.36. The lowest BCUT2D eigenvalue weighted by Crippen LogP contribution is -2.29. The van der Waals surface area contributed by atoms with Gasteiger partial charge in [-0.2, -0.15) is 0 Å². The molecule has 1 aromatic heterocycles. The number of amides is 1. The lowest BCUT2D eigenvalue weighted by atomic mass is 10.1. The highest BCUT2D eigenvalue weighted by molar-refractivity contribution is 5.94. The second kappa shape index (κ2) is 6.20. The van der Waals surface area contributed by atoms with Crippen LogP contribution in [0.1, 0.15) is 27.8 Å². The first-order valence-corrected chi connectivity index (χ1v) is 6.12. The maximum atomic E-state index is 12.0. The summed E-state index contributed by atoms with van der Waals surface area (Å²) in [6.45, 7) is 2.33. The number of hydrogen-bond donors (Lipinski definition) is 1. The predicted octanol–water partition coefficient (Wildman–Crippen LogP) is 2.71. The highest BCUT2D eigenvalue weighted by Gasteiger charge is 2.15. The van der Waals surface area contributed by atoms with Gasteiger partial charge in [0.05, 0.1) is 12.8 Å². The number of methoxy groups -OCH3 is 1. The second-order valence-electron chi connectivity index (χ2n) is 4.32. The highest BCUT2D eigenvalue weighted by atomic mass is 16.5. The van der Waals surface area contributed by atoms with Gasteiger partial charge in [-0.3, -0.25) is 4.79 Å². The van der Waals surface area contributed by atoms with Crippen LogP contribution in [0.25, 0.3) is 0 Å². The third kappa shape index (κ3) is 3.45. The molecule has 1 N–H and O–H groups in total. The molecule has 1 unspecified atom stereocenters. The average Bonchev–Trinajstić information content (AvgIpc) is 2.93. The first-order chi connectivity index (χ1) is 9.20. The van der Waals surface area contributed by atoms with Crippen LogP contribution < -0.4 is 5.32 Å². The van der Waals surface area contributed by atoms with Crippen LogP contribution in [0, 0.1) is 6.92 Å². The van der Waals surface area contributed by atoms with Crippen molar-refractivity contribution in [1.29, 1.82) is 0 Å². The van der Waals surface area contributed by atoms with Crippen molar-refractivity contribution in [3.8, 4) is 0 Å². The number of hydrogen-bond acceptors (Lipinski definition) is 3. The van der Waals surface area contributed by atoms with Gasteiger partial charge in [-0.25, -0.2) is 0 Å². The summed E-state index contributed by atoms with van der Waals surface area (Å²) < 4.78 is 10.6. The Morgan fingerprint density at radius 2 is 2.21 bits per heavy atom. The zero-order valence-electron chi connectivity index (χ0n) is 11.1. The Bertz CT molecular complexity index is 534. The maximum absolute atomic E-state index is 12.0. The fourth-order valence-corrected chi connectivity index (χ4v) is 1.85. The number of carbonyl (C=O) groups is 1. The van der Waals surface area contributed by atoms with Crippen molar-refractivity contribution in [3.63, 3.8) is 0 Å². The van der Waals surface area contributed by atoms with Gasteiger partial charge in [-0.15, -0.1) is 0 Å². The van der Waals surface area contributed by atoms with Crippen molar-refractivity contribution in [2.45, 2.75) is 13.0 Å². The number of furan rings is 1. The van der Waals surface area contributed by atoms with E-state index in [-0.39, 0.29) is 12.0 Å². The van der Waals surface area contributed by atoms with Gasteiger partial charge in [0.1, 0.15) is 11.9 Å². The van der Waals surface area contributed by atoms with Crippen LogP contribution in [-0.4, -0.2) is 19.6 Å². The molecule has 100 valence electrons. The molecule has 2 rings (SSSR count). The molecule has 0 radical (unpaired) electrons. The van der Waals surface area contributed by atoms with E-state index in [4.69, 9.17) is 9.15 Å². The number of aryl methyl sites for hydroxylation is 1. The van der Waals surface area contributed by atoms with Crippen molar-refractivity contribution >= 4 is 5.91 Å². The molecule has 1 aromatic carbocycles. The van der Waals surface area contributed by atoms with Gasteiger partial charge >= 0.3 is 0 Å². The number of ether oxygens (including phenoxy) is 1. The minimum atomic E-state index is -0.274. The molecule has 0 bridgehead atoms. The Morgan fingerprint density at radius 1 is 1.37 bits per heavy atom. The van der Waals surface area contributed by atoms with Crippen molar-refractivity contribution in [1.82, 2.24) is 5.32 Å². The lowest BCUT2D eigenvalue weighted by Gasteiger charge is -2.13. The second-order valence-corrected chi connectivity index (χ2v) is 4.32. The summed E-state index contributed by atoms with van der Waals surface area (Å²) in [5.41, 5.74) is 1.70. The molecular formula is C15H17NO3. The van der Waals surface area contributed by atoms with Crippen LogP contribution in [0.3, 0.4) is 0 Å². The molecule has 1 atom stereocenters. The number of rotatable bonds is 5. The van der Waals surface area contributed by atoms with Crippen LogP contribution in [0.5, 0.6) is 0 Å². The molecule has 2 aromatic rings. The van der Waals surface area contributed by atoms with Crippen molar-refractivity contribution in [2.24, 2.45) is 0 Å². The summed E-state index contributed by atoms with van der Waals surface area (Å²) >= 11 is 0. The minimum Gasteiger partial charge on any atom is -0.467 e. The number of nitrogens with one attached hydrogen (secondary N) is 1. The van der Waals surface area contributed by atoms with E-state index >= 15 is 0 Å². The fraction of sp³-hybridized carbons (Fsp3) is 0.267. The average molecular weight is 259 g/mol. The first kappa shape index (κ1) is 13.4. The Balaban J connectivity index is 1.96. The van der Waals surface area contributed by atoms with Crippen molar-refractivity contribution in [3.05, 3.63) is 59.5 Å². The quantitative estimate of drug-likeness (QED) is 0.898. The Hall–Kier alpha value is -2.07. The molecule has 0 saturated carbocycles. The van der Waals surface area contributed by atoms with Crippen LogP contribution in [0.15, 0.2) is 47.1 Å². The summed E-state index contributed by atoms with van der Waals surface area (Å²) in [5.74, 6) is 0.587. The van der Waals surface area contributed by atoms with E-state index in [1.54, 1.807) is 25.5 Å². The number of benzene rings is 1. The van der Waals surface area contributed by atoms with Gasteiger partial charge < -0.3 is 14.5 Å². The van der Waals surface area contributed by atoms with E-state index in [9.17, 15) is 4.79 Å². The molecule has 0 fully saturated rings. The molecule has 1 amide bonds. The molecule has 4 heteroatoms. The van der Waals surface area contributed by atoms with Gasteiger partial charge in [0.25, 0.3) is 5.91 Å². The molecule has 0 aliphatic carbocycles. The standard InChI is InChI=1S/C15H17NO3/c1-11-5-3-6-12(9-11)15(17)16-10-14(18-2)13-7-4-8-19-13/h3-9,14H,10H2,1-2H3,(H,16,17). The third-order valence-electron chi connectivity index (χ3n) is 2.87. The Labute approximate surface area is 112 Å². The molecular weight excluding hydrogens is 242 g/mol.